The molecule has 148 valence electrons. The summed E-state index contributed by atoms with van der Waals surface area (Å²) in [4.78, 5) is 17.9. The molecule has 2 saturated heterocycles. The second-order valence-electron chi connectivity index (χ2n) is 9.89. The van der Waals surface area contributed by atoms with Crippen LogP contribution in [0, 0.1) is 11.8 Å². The van der Waals surface area contributed by atoms with Crippen LogP contribution in [0.1, 0.15) is 96.3 Å². The van der Waals surface area contributed by atoms with Crippen molar-refractivity contribution in [3.8, 4) is 0 Å². The maximum atomic E-state index is 12.7. The van der Waals surface area contributed by atoms with Crippen LogP contribution in [0.25, 0.3) is 0 Å². The van der Waals surface area contributed by atoms with Gasteiger partial charge in [-0.2, -0.15) is 0 Å². The van der Waals surface area contributed by atoms with Crippen molar-refractivity contribution in [1.29, 1.82) is 0 Å². The molecule has 0 bridgehead atoms. The molecule has 4 rings (SSSR count). The number of likely N-dealkylation sites (tertiary alicyclic amines) is 2. The van der Waals surface area contributed by atoms with Gasteiger partial charge < -0.3 is 9.80 Å². The summed E-state index contributed by atoms with van der Waals surface area (Å²) < 4.78 is 0. The summed E-state index contributed by atoms with van der Waals surface area (Å²) in [6.07, 6.45) is 19.9. The fourth-order valence-electron chi connectivity index (χ4n) is 6.47. The van der Waals surface area contributed by atoms with Gasteiger partial charge in [-0.15, -0.1) is 0 Å². The van der Waals surface area contributed by atoms with E-state index >= 15 is 0 Å². The molecule has 0 radical (unpaired) electrons. The van der Waals surface area contributed by atoms with Crippen LogP contribution < -0.4 is 0 Å². The maximum Gasteiger partial charge on any atom is 0.223 e. The molecule has 1 amide bonds. The number of amides is 1. The van der Waals surface area contributed by atoms with Crippen molar-refractivity contribution in [3.63, 3.8) is 0 Å². The van der Waals surface area contributed by atoms with Crippen LogP contribution in [0.4, 0.5) is 0 Å². The fourth-order valence-corrected chi connectivity index (χ4v) is 6.47. The van der Waals surface area contributed by atoms with Crippen LogP contribution in [0.2, 0.25) is 0 Å². The monoisotopic (exact) mass is 360 g/mol. The molecule has 4 aliphatic rings. The van der Waals surface area contributed by atoms with E-state index in [9.17, 15) is 4.79 Å². The van der Waals surface area contributed by atoms with Crippen molar-refractivity contribution in [3.05, 3.63) is 0 Å². The minimum absolute atomic E-state index is 0.218. The highest BCUT2D eigenvalue weighted by atomic mass is 16.2. The van der Waals surface area contributed by atoms with E-state index in [0.29, 0.717) is 5.91 Å². The molecular weight excluding hydrogens is 320 g/mol. The Labute approximate surface area is 160 Å². The molecule has 1 unspecified atom stereocenters. The summed E-state index contributed by atoms with van der Waals surface area (Å²) in [6, 6.07) is 0. The van der Waals surface area contributed by atoms with Crippen molar-refractivity contribution >= 4 is 5.91 Å². The Hall–Kier alpha value is -0.570. The molecule has 0 aromatic heterocycles. The number of nitrogens with zero attached hydrogens (tertiary/aromatic N) is 2. The van der Waals surface area contributed by atoms with E-state index < -0.39 is 0 Å². The SMILES string of the molecule is O=C1CCC2(CCCN(CC3CCCCC3)CC2)N1CC1CCCCC1. The standard InChI is InChI=1S/C23H40N2O/c26-22-12-14-23(25(22)19-21-10-5-2-6-11-21)13-7-16-24(17-15-23)18-20-8-3-1-4-9-20/h20-21H,1-19H2. The van der Waals surface area contributed by atoms with Crippen molar-refractivity contribution < 1.29 is 4.79 Å². The molecule has 2 heterocycles. The van der Waals surface area contributed by atoms with Crippen LogP contribution >= 0.6 is 0 Å². The Morgan fingerprint density at radius 1 is 0.731 bits per heavy atom. The van der Waals surface area contributed by atoms with Crippen LogP contribution in [0.3, 0.4) is 0 Å². The minimum atomic E-state index is 0.218. The lowest BCUT2D eigenvalue weighted by Crippen LogP contribution is -2.48. The van der Waals surface area contributed by atoms with E-state index in [1.54, 1.807) is 0 Å². The van der Waals surface area contributed by atoms with E-state index in [2.05, 4.69) is 9.80 Å². The highest BCUT2D eigenvalue weighted by Crippen LogP contribution is 2.41. The Morgan fingerprint density at radius 3 is 2.08 bits per heavy atom. The minimum Gasteiger partial charge on any atom is -0.337 e. The molecule has 2 saturated carbocycles. The van der Waals surface area contributed by atoms with Gasteiger partial charge in [-0.25, -0.2) is 0 Å². The first-order valence-corrected chi connectivity index (χ1v) is 11.8. The quantitative estimate of drug-likeness (QED) is 0.705. The largest absolute Gasteiger partial charge is 0.337 e. The number of carbonyl (C=O) groups excluding carboxylic acids is 1. The first-order chi connectivity index (χ1) is 12.8. The molecule has 2 aliphatic carbocycles. The second-order valence-corrected chi connectivity index (χ2v) is 9.89. The average molecular weight is 361 g/mol. The molecule has 0 aromatic rings. The summed E-state index contributed by atoms with van der Waals surface area (Å²) in [7, 11) is 0. The van der Waals surface area contributed by atoms with Gasteiger partial charge in [-0.3, -0.25) is 4.79 Å². The summed E-state index contributed by atoms with van der Waals surface area (Å²) in [6.45, 7) is 4.89. The van der Waals surface area contributed by atoms with E-state index in [-0.39, 0.29) is 5.54 Å². The predicted octanol–water partition coefficient (Wildman–Crippen LogP) is 4.99. The zero-order chi connectivity index (χ0) is 17.8. The van der Waals surface area contributed by atoms with Gasteiger partial charge in [0.2, 0.25) is 5.91 Å². The molecule has 0 N–H and O–H groups in total. The van der Waals surface area contributed by atoms with Gasteiger partial charge in [0.05, 0.1) is 0 Å². The lowest BCUT2D eigenvalue weighted by Gasteiger charge is -2.41. The van der Waals surface area contributed by atoms with Crippen molar-refractivity contribution in [2.45, 2.75) is 102 Å². The highest BCUT2D eigenvalue weighted by molar-refractivity contribution is 5.79. The third-order valence-corrected chi connectivity index (χ3v) is 8.09. The second kappa shape index (κ2) is 8.63. The third-order valence-electron chi connectivity index (χ3n) is 8.09. The van der Waals surface area contributed by atoms with Gasteiger partial charge >= 0.3 is 0 Å². The summed E-state index contributed by atoms with van der Waals surface area (Å²) in [5, 5.41) is 0. The predicted molar refractivity (Wildman–Crippen MR) is 107 cm³/mol. The van der Waals surface area contributed by atoms with Gasteiger partial charge in [0, 0.05) is 31.6 Å². The van der Waals surface area contributed by atoms with Gasteiger partial charge in [0.25, 0.3) is 0 Å². The third kappa shape index (κ3) is 4.29. The highest BCUT2D eigenvalue weighted by Gasteiger charge is 2.46. The van der Waals surface area contributed by atoms with Crippen molar-refractivity contribution in [2.75, 3.05) is 26.2 Å². The lowest BCUT2D eigenvalue weighted by molar-refractivity contribution is -0.132. The molecule has 1 spiro atoms. The summed E-state index contributed by atoms with van der Waals surface area (Å²) in [5.74, 6) is 2.20. The van der Waals surface area contributed by atoms with E-state index in [1.165, 1.54) is 103 Å². The van der Waals surface area contributed by atoms with E-state index in [0.717, 1.165) is 31.2 Å². The first kappa shape index (κ1) is 18.8. The van der Waals surface area contributed by atoms with Crippen LogP contribution in [-0.4, -0.2) is 47.4 Å². The van der Waals surface area contributed by atoms with Gasteiger partial charge in [-0.1, -0.05) is 38.5 Å². The molecule has 3 heteroatoms. The number of hydrogen-bond acceptors (Lipinski definition) is 2. The number of rotatable bonds is 4. The van der Waals surface area contributed by atoms with Crippen LogP contribution in [0.5, 0.6) is 0 Å². The van der Waals surface area contributed by atoms with Gasteiger partial charge in [0.15, 0.2) is 0 Å². The average Bonchev–Trinajstić information content (AvgIpc) is 2.85. The number of carbonyl (C=O) groups is 1. The van der Waals surface area contributed by atoms with Crippen molar-refractivity contribution in [1.82, 2.24) is 9.80 Å². The molecule has 3 nitrogen and oxygen atoms in total. The van der Waals surface area contributed by atoms with Crippen molar-refractivity contribution in [2.24, 2.45) is 11.8 Å². The Bertz CT molecular complexity index is 467. The molecule has 26 heavy (non-hydrogen) atoms. The topological polar surface area (TPSA) is 23.6 Å². The smallest absolute Gasteiger partial charge is 0.223 e. The molecule has 2 aliphatic heterocycles. The zero-order valence-electron chi connectivity index (χ0n) is 16.9. The number of hydrogen-bond donors (Lipinski definition) is 0. The normalized spacial score (nSPS) is 33.1. The van der Waals surface area contributed by atoms with Crippen LogP contribution in [-0.2, 0) is 4.79 Å². The molecule has 4 fully saturated rings. The maximum absolute atomic E-state index is 12.7. The Balaban J connectivity index is 1.36. The summed E-state index contributed by atoms with van der Waals surface area (Å²) >= 11 is 0. The van der Waals surface area contributed by atoms with E-state index in [4.69, 9.17) is 0 Å². The van der Waals surface area contributed by atoms with Gasteiger partial charge in [-0.05, 0) is 69.7 Å². The zero-order valence-corrected chi connectivity index (χ0v) is 16.9. The molecular formula is C23H40N2O. The molecule has 0 aromatic carbocycles. The first-order valence-electron chi connectivity index (χ1n) is 11.8. The molecule has 1 atom stereocenters. The Morgan fingerprint density at radius 2 is 1.38 bits per heavy atom. The summed E-state index contributed by atoms with van der Waals surface area (Å²) in [5.41, 5.74) is 0.218. The van der Waals surface area contributed by atoms with Crippen LogP contribution in [0.15, 0.2) is 0 Å². The van der Waals surface area contributed by atoms with E-state index in [1.807, 2.05) is 0 Å². The lowest BCUT2D eigenvalue weighted by atomic mass is 9.84. The van der Waals surface area contributed by atoms with Gasteiger partial charge in [0.1, 0.15) is 0 Å². The Kier molecular flexibility index (Phi) is 6.23. The fraction of sp³-hybridized carbons (Fsp3) is 0.957.